The van der Waals surface area contributed by atoms with Gasteiger partial charge in [0.2, 0.25) is 15.9 Å². The number of methoxy groups -OCH3 is 2. The van der Waals surface area contributed by atoms with E-state index in [1.807, 2.05) is 0 Å². The fourth-order valence-corrected chi connectivity index (χ4v) is 3.50. The van der Waals surface area contributed by atoms with Crippen LogP contribution in [0.1, 0.15) is 0 Å². The van der Waals surface area contributed by atoms with Gasteiger partial charge >= 0.3 is 0 Å². The Kier molecular flexibility index (Phi) is 6.17. The fourth-order valence-electron chi connectivity index (χ4n) is 2.21. The Labute approximate surface area is 151 Å². The number of likely N-dealkylation sites (N-methyl/N-ethyl adjacent to an activating group) is 1. The van der Waals surface area contributed by atoms with Gasteiger partial charge in [-0.05, 0) is 30.3 Å². The highest BCUT2D eigenvalue weighted by atomic mass is 32.2. The Hall–Kier alpha value is -2.65. The summed E-state index contributed by atoms with van der Waals surface area (Å²) in [5.41, 5.74) is 0.236. The zero-order chi connectivity index (χ0) is 19.3. The van der Waals surface area contributed by atoms with Gasteiger partial charge in [-0.2, -0.15) is 4.31 Å². The van der Waals surface area contributed by atoms with Crippen molar-refractivity contribution in [1.29, 1.82) is 0 Å². The van der Waals surface area contributed by atoms with Crippen LogP contribution < -0.4 is 14.8 Å². The molecule has 2 aromatic carbocycles. The lowest BCUT2D eigenvalue weighted by atomic mass is 10.3. The molecule has 0 heterocycles. The smallest absolute Gasteiger partial charge is 0.247 e. The summed E-state index contributed by atoms with van der Waals surface area (Å²) in [5.74, 6) is -0.654. The lowest BCUT2D eigenvalue weighted by Crippen LogP contribution is -2.35. The summed E-state index contributed by atoms with van der Waals surface area (Å²) in [4.78, 5) is 12.0. The number of anilines is 1. The van der Waals surface area contributed by atoms with Gasteiger partial charge in [-0.25, -0.2) is 12.8 Å². The van der Waals surface area contributed by atoms with Gasteiger partial charge in [-0.3, -0.25) is 4.79 Å². The lowest BCUT2D eigenvalue weighted by Gasteiger charge is -2.19. The van der Waals surface area contributed by atoms with E-state index in [4.69, 9.17) is 9.47 Å². The highest BCUT2D eigenvalue weighted by Crippen LogP contribution is 2.30. The fraction of sp³-hybridized carbons (Fsp3) is 0.235. The van der Waals surface area contributed by atoms with Gasteiger partial charge in [-0.1, -0.05) is 6.07 Å². The van der Waals surface area contributed by atoms with Crippen LogP contribution in [0.3, 0.4) is 0 Å². The molecular weight excluding hydrogens is 363 g/mol. The average Bonchev–Trinajstić information content (AvgIpc) is 2.60. The molecule has 0 saturated carbocycles. The zero-order valence-corrected chi connectivity index (χ0v) is 15.3. The number of rotatable bonds is 7. The van der Waals surface area contributed by atoms with Crippen LogP contribution in [0.25, 0.3) is 0 Å². The molecule has 0 fully saturated rings. The van der Waals surface area contributed by atoms with E-state index in [1.54, 1.807) is 6.07 Å². The number of sulfonamides is 1. The zero-order valence-electron chi connectivity index (χ0n) is 14.5. The number of benzene rings is 2. The Balaban J connectivity index is 2.19. The molecule has 0 unspecified atom stereocenters. The first kappa shape index (κ1) is 19.7. The number of amides is 1. The molecule has 9 heteroatoms. The number of carbonyl (C=O) groups excluding carboxylic acids is 1. The number of hydrogen-bond donors (Lipinski definition) is 1. The van der Waals surface area contributed by atoms with Crippen molar-refractivity contribution < 1.29 is 27.1 Å². The Morgan fingerprint density at radius 1 is 1.15 bits per heavy atom. The van der Waals surface area contributed by atoms with Gasteiger partial charge in [0.25, 0.3) is 0 Å². The Morgan fingerprint density at radius 2 is 1.88 bits per heavy atom. The molecule has 0 bridgehead atoms. The molecule has 0 aliphatic rings. The molecular formula is C17H19FN2O5S. The van der Waals surface area contributed by atoms with E-state index in [-0.39, 0.29) is 16.3 Å². The molecule has 26 heavy (non-hydrogen) atoms. The predicted molar refractivity (Wildman–Crippen MR) is 94.4 cm³/mol. The van der Waals surface area contributed by atoms with Gasteiger partial charge in [-0.15, -0.1) is 0 Å². The first-order valence-electron chi connectivity index (χ1n) is 7.51. The molecule has 0 aliphatic carbocycles. The first-order valence-corrected chi connectivity index (χ1v) is 8.95. The average molecular weight is 382 g/mol. The van der Waals surface area contributed by atoms with Gasteiger partial charge in [0.15, 0.2) is 0 Å². The third-order valence-electron chi connectivity index (χ3n) is 3.53. The summed E-state index contributed by atoms with van der Waals surface area (Å²) in [6, 6.07) is 9.65. The van der Waals surface area contributed by atoms with Gasteiger partial charge in [0, 0.05) is 18.8 Å². The molecule has 0 aliphatic heterocycles. The molecule has 0 radical (unpaired) electrons. The number of nitrogens with one attached hydrogen (secondary N) is 1. The minimum Gasteiger partial charge on any atom is -0.497 e. The van der Waals surface area contributed by atoms with Gasteiger partial charge in [0.05, 0.1) is 20.8 Å². The van der Waals surface area contributed by atoms with E-state index < -0.39 is 28.3 Å². The number of carbonyl (C=O) groups is 1. The molecule has 7 nitrogen and oxygen atoms in total. The summed E-state index contributed by atoms with van der Waals surface area (Å²) < 4.78 is 49.7. The van der Waals surface area contributed by atoms with E-state index in [9.17, 15) is 17.6 Å². The standard InChI is InChI=1S/C17H19FN2O5S/c1-20(11-17(21)19-13-6-4-5-12(18)9-13)26(22,23)16-10-14(24-2)7-8-15(16)25-3/h4-10H,11H2,1-3H3,(H,19,21). The van der Waals surface area contributed by atoms with Crippen molar-refractivity contribution >= 4 is 21.6 Å². The van der Waals surface area contributed by atoms with Crippen molar-refractivity contribution in [3.63, 3.8) is 0 Å². The van der Waals surface area contributed by atoms with Crippen LogP contribution in [0, 0.1) is 5.82 Å². The third kappa shape index (κ3) is 4.50. The summed E-state index contributed by atoms with van der Waals surface area (Å²) in [6.07, 6.45) is 0. The normalized spacial score (nSPS) is 11.3. The number of nitrogens with zero attached hydrogens (tertiary/aromatic N) is 1. The SMILES string of the molecule is COc1ccc(OC)c(S(=O)(=O)N(C)CC(=O)Nc2cccc(F)c2)c1. The Bertz CT molecular complexity index is 902. The quantitative estimate of drug-likeness (QED) is 0.793. The maximum Gasteiger partial charge on any atom is 0.247 e. The van der Waals surface area contributed by atoms with Crippen molar-refractivity contribution in [2.24, 2.45) is 0 Å². The van der Waals surface area contributed by atoms with Crippen LogP contribution >= 0.6 is 0 Å². The monoisotopic (exact) mass is 382 g/mol. The van der Waals surface area contributed by atoms with Crippen LogP contribution in [0.4, 0.5) is 10.1 Å². The van der Waals surface area contributed by atoms with Crippen molar-refractivity contribution in [3.05, 3.63) is 48.3 Å². The van der Waals surface area contributed by atoms with Crippen molar-refractivity contribution in [3.8, 4) is 11.5 Å². The molecule has 1 amide bonds. The molecule has 140 valence electrons. The van der Waals surface area contributed by atoms with E-state index in [1.165, 1.54) is 51.6 Å². The molecule has 2 aromatic rings. The Morgan fingerprint density at radius 3 is 2.50 bits per heavy atom. The highest BCUT2D eigenvalue weighted by Gasteiger charge is 2.27. The van der Waals surface area contributed by atoms with Crippen LogP contribution in [-0.4, -0.2) is 46.4 Å². The molecule has 0 saturated heterocycles. The summed E-state index contributed by atoms with van der Waals surface area (Å²) in [7, 11) is 0.00268. The van der Waals surface area contributed by atoms with Gasteiger partial charge in [0.1, 0.15) is 22.2 Å². The van der Waals surface area contributed by atoms with Crippen molar-refractivity contribution in [2.45, 2.75) is 4.90 Å². The van der Waals surface area contributed by atoms with E-state index in [0.29, 0.717) is 5.75 Å². The lowest BCUT2D eigenvalue weighted by molar-refractivity contribution is -0.116. The van der Waals surface area contributed by atoms with Crippen LogP contribution in [0.5, 0.6) is 11.5 Å². The number of hydrogen-bond acceptors (Lipinski definition) is 5. The van der Waals surface area contributed by atoms with E-state index in [2.05, 4.69) is 5.32 Å². The third-order valence-corrected chi connectivity index (χ3v) is 5.36. The van der Waals surface area contributed by atoms with Crippen LogP contribution in [0.15, 0.2) is 47.4 Å². The number of ether oxygens (including phenoxy) is 2. The van der Waals surface area contributed by atoms with E-state index >= 15 is 0 Å². The topological polar surface area (TPSA) is 84.9 Å². The summed E-state index contributed by atoms with van der Waals surface area (Å²) >= 11 is 0. The maximum atomic E-state index is 13.2. The van der Waals surface area contributed by atoms with Crippen LogP contribution in [0.2, 0.25) is 0 Å². The minimum atomic E-state index is -4.02. The van der Waals surface area contributed by atoms with Crippen molar-refractivity contribution in [1.82, 2.24) is 4.31 Å². The number of halogens is 1. The van der Waals surface area contributed by atoms with Crippen LogP contribution in [-0.2, 0) is 14.8 Å². The minimum absolute atomic E-state index is 0.125. The molecule has 2 rings (SSSR count). The molecule has 1 N–H and O–H groups in total. The van der Waals surface area contributed by atoms with E-state index in [0.717, 1.165) is 10.4 Å². The summed E-state index contributed by atoms with van der Waals surface area (Å²) in [6.45, 7) is -0.459. The molecule has 0 atom stereocenters. The maximum absolute atomic E-state index is 13.2. The predicted octanol–water partition coefficient (Wildman–Crippen LogP) is 2.10. The van der Waals surface area contributed by atoms with Crippen molar-refractivity contribution in [2.75, 3.05) is 33.1 Å². The highest BCUT2D eigenvalue weighted by molar-refractivity contribution is 7.89. The van der Waals surface area contributed by atoms with Gasteiger partial charge < -0.3 is 14.8 Å². The second-order valence-corrected chi connectivity index (χ2v) is 7.35. The largest absolute Gasteiger partial charge is 0.497 e. The second-order valence-electron chi connectivity index (χ2n) is 5.34. The first-order chi connectivity index (χ1) is 12.3. The molecule has 0 spiro atoms. The second kappa shape index (κ2) is 8.15. The summed E-state index contributed by atoms with van der Waals surface area (Å²) in [5, 5.41) is 2.45. The molecule has 0 aromatic heterocycles.